The Morgan fingerprint density at radius 2 is 2.00 bits per heavy atom. The Morgan fingerprint density at radius 1 is 1.39 bits per heavy atom. The van der Waals surface area contributed by atoms with Crippen LogP contribution in [-0.4, -0.2) is 33.7 Å². The first-order valence-corrected chi connectivity index (χ1v) is 7.19. The molecule has 0 unspecified atom stereocenters. The summed E-state index contributed by atoms with van der Waals surface area (Å²) in [5, 5.41) is 0. The number of amides is 1. The van der Waals surface area contributed by atoms with Crippen molar-refractivity contribution in [1.29, 1.82) is 0 Å². The van der Waals surface area contributed by atoms with Crippen molar-refractivity contribution in [3.05, 3.63) is 24.3 Å². The third-order valence-electron chi connectivity index (χ3n) is 2.13. The van der Waals surface area contributed by atoms with Crippen LogP contribution in [0.5, 0.6) is 5.75 Å². The molecule has 0 atom stereocenters. The Morgan fingerprint density at radius 3 is 2.50 bits per heavy atom. The number of anilines is 1. The number of rotatable bonds is 6. The van der Waals surface area contributed by atoms with E-state index in [1.807, 2.05) is 0 Å². The largest absolute Gasteiger partial charge is 0.492 e. The van der Waals surface area contributed by atoms with Crippen molar-refractivity contribution in [1.82, 2.24) is 0 Å². The molecule has 0 aliphatic rings. The smallest absolute Gasteiger partial charge is 0.238 e. The van der Waals surface area contributed by atoms with Crippen molar-refractivity contribution in [3.63, 3.8) is 0 Å². The van der Waals surface area contributed by atoms with Gasteiger partial charge in [0.15, 0.2) is 0 Å². The van der Waals surface area contributed by atoms with Crippen molar-refractivity contribution in [2.45, 2.75) is 6.92 Å². The van der Waals surface area contributed by atoms with E-state index in [1.165, 1.54) is 0 Å². The molecule has 0 spiro atoms. The van der Waals surface area contributed by atoms with Crippen LogP contribution in [0.15, 0.2) is 24.3 Å². The number of ether oxygens (including phenoxy) is 1. The summed E-state index contributed by atoms with van der Waals surface area (Å²) in [6.07, 6.45) is 1.01. The second kappa shape index (κ2) is 5.72. The fourth-order valence-corrected chi connectivity index (χ4v) is 2.33. The van der Waals surface area contributed by atoms with Crippen molar-refractivity contribution in [2.24, 2.45) is 5.73 Å². The lowest BCUT2D eigenvalue weighted by Gasteiger charge is -2.23. The van der Waals surface area contributed by atoms with E-state index in [0.29, 0.717) is 18.0 Å². The maximum atomic E-state index is 11.7. The summed E-state index contributed by atoms with van der Waals surface area (Å²) >= 11 is 0. The minimum Gasteiger partial charge on any atom is -0.492 e. The minimum atomic E-state index is -3.60. The summed E-state index contributed by atoms with van der Waals surface area (Å²) in [5.74, 6) is -0.335. The molecule has 2 N–H and O–H groups in total. The van der Waals surface area contributed by atoms with Crippen LogP contribution in [0.1, 0.15) is 6.92 Å². The molecule has 0 heterocycles. The summed E-state index contributed by atoms with van der Waals surface area (Å²) in [7, 11) is -3.60. The van der Waals surface area contributed by atoms with Crippen LogP contribution in [-0.2, 0) is 14.8 Å². The van der Waals surface area contributed by atoms with Gasteiger partial charge in [0.2, 0.25) is 15.9 Å². The van der Waals surface area contributed by atoms with Crippen LogP contribution in [0.25, 0.3) is 0 Å². The molecule has 0 aliphatic carbocycles. The van der Waals surface area contributed by atoms with E-state index in [2.05, 4.69) is 0 Å². The second-order valence-corrected chi connectivity index (χ2v) is 5.54. The number of primary amides is 1. The highest BCUT2D eigenvalue weighted by Gasteiger charge is 2.22. The number of sulfonamides is 1. The lowest BCUT2D eigenvalue weighted by molar-refractivity contribution is -0.116. The van der Waals surface area contributed by atoms with Gasteiger partial charge in [-0.25, -0.2) is 8.42 Å². The number of para-hydroxylation sites is 2. The Bertz CT molecular complexity index is 528. The lowest BCUT2D eigenvalue weighted by atomic mass is 10.3. The predicted molar refractivity (Wildman–Crippen MR) is 69.0 cm³/mol. The van der Waals surface area contributed by atoms with E-state index in [4.69, 9.17) is 10.5 Å². The number of carbonyl (C=O) groups is 1. The molecule has 1 aromatic carbocycles. The van der Waals surface area contributed by atoms with Crippen molar-refractivity contribution < 1.29 is 17.9 Å². The van der Waals surface area contributed by atoms with Crippen molar-refractivity contribution >= 4 is 21.6 Å². The molecule has 0 fully saturated rings. The highest BCUT2D eigenvalue weighted by molar-refractivity contribution is 7.92. The number of hydrogen-bond acceptors (Lipinski definition) is 4. The van der Waals surface area contributed by atoms with Gasteiger partial charge in [0.25, 0.3) is 0 Å². The van der Waals surface area contributed by atoms with Gasteiger partial charge in [-0.05, 0) is 19.1 Å². The standard InChI is InChI=1S/C11H16N2O4S/c1-3-17-10-7-5-4-6-9(10)13(8-11(12)14)18(2,15)16/h4-7H,3,8H2,1-2H3,(H2,12,14). The van der Waals surface area contributed by atoms with Gasteiger partial charge in [-0.15, -0.1) is 0 Å². The molecule has 6 nitrogen and oxygen atoms in total. The molecular weight excluding hydrogens is 256 g/mol. The van der Waals surface area contributed by atoms with Crippen molar-refractivity contribution in [3.8, 4) is 5.75 Å². The molecule has 1 amide bonds. The van der Waals surface area contributed by atoms with Gasteiger partial charge in [0, 0.05) is 0 Å². The van der Waals surface area contributed by atoms with Crippen molar-refractivity contribution in [2.75, 3.05) is 23.7 Å². The zero-order valence-corrected chi connectivity index (χ0v) is 11.1. The molecule has 1 rings (SSSR count). The Balaban J connectivity index is 3.25. The van der Waals surface area contributed by atoms with E-state index in [1.54, 1.807) is 31.2 Å². The van der Waals surface area contributed by atoms with Gasteiger partial charge >= 0.3 is 0 Å². The average molecular weight is 272 g/mol. The first-order valence-electron chi connectivity index (χ1n) is 5.34. The summed E-state index contributed by atoms with van der Waals surface area (Å²) in [6, 6.07) is 6.59. The first-order chi connectivity index (χ1) is 8.36. The molecule has 0 aromatic heterocycles. The fraction of sp³-hybridized carbons (Fsp3) is 0.364. The summed E-state index contributed by atoms with van der Waals surface area (Å²) in [5.41, 5.74) is 5.37. The molecule has 0 radical (unpaired) electrons. The average Bonchev–Trinajstić information content (AvgIpc) is 2.26. The molecule has 0 bridgehead atoms. The van der Waals surface area contributed by atoms with Crippen LogP contribution in [0.3, 0.4) is 0 Å². The zero-order chi connectivity index (χ0) is 13.8. The summed E-state index contributed by atoms with van der Waals surface area (Å²) < 4.78 is 29.6. The number of carbonyl (C=O) groups excluding carboxylic acids is 1. The maximum absolute atomic E-state index is 11.7. The van der Waals surface area contributed by atoms with Gasteiger partial charge in [-0.1, -0.05) is 12.1 Å². The highest BCUT2D eigenvalue weighted by Crippen LogP contribution is 2.29. The van der Waals surface area contributed by atoms with E-state index in [0.717, 1.165) is 10.6 Å². The number of nitrogens with zero attached hydrogens (tertiary/aromatic N) is 1. The molecule has 100 valence electrons. The van der Waals surface area contributed by atoms with Gasteiger partial charge in [-0.3, -0.25) is 9.10 Å². The van der Waals surface area contributed by atoms with E-state index in [9.17, 15) is 13.2 Å². The monoisotopic (exact) mass is 272 g/mol. The summed E-state index contributed by atoms with van der Waals surface area (Å²) in [6.45, 7) is 1.77. The molecule has 0 saturated heterocycles. The fourth-order valence-electron chi connectivity index (χ4n) is 1.46. The van der Waals surface area contributed by atoms with Gasteiger partial charge in [0.05, 0.1) is 18.6 Å². The molecule has 18 heavy (non-hydrogen) atoms. The second-order valence-electron chi connectivity index (χ2n) is 3.64. The van der Waals surface area contributed by atoms with Gasteiger partial charge in [-0.2, -0.15) is 0 Å². The van der Waals surface area contributed by atoms with Crippen LogP contribution in [0.2, 0.25) is 0 Å². The maximum Gasteiger partial charge on any atom is 0.238 e. The van der Waals surface area contributed by atoms with Crippen LogP contribution in [0, 0.1) is 0 Å². The Hall–Kier alpha value is -1.76. The van der Waals surface area contributed by atoms with E-state index < -0.39 is 22.5 Å². The SMILES string of the molecule is CCOc1ccccc1N(CC(N)=O)S(C)(=O)=O. The van der Waals surface area contributed by atoms with Gasteiger partial charge in [0.1, 0.15) is 12.3 Å². The topological polar surface area (TPSA) is 89.7 Å². The number of benzene rings is 1. The zero-order valence-electron chi connectivity index (χ0n) is 10.3. The molecule has 1 aromatic rings. The lowest BCUT2D eigenvalue weighted by Crippen LogP contribution is -2.38. The molecule has 0 aliphatic heterocycles. The highest BCUT2D eigenvalue weighted by atomic mass is 32.2. The van der Waals surface area contributed by atoms with E-state index >= 15 is 0 Å². The minimum absolute atomic E-state index is 0.306. The third kappa shape index (κ3) is 3.63. The van der Waals surface area contributed by atoms with Crippen LogP contribution in [0.4, 0.5) is 5.69 Å². The summed E-state index contributed by atoms with van der Waals surface area (Å²) in [4.78, 5) is 11.0. The molecular formula is C11H16N2O4S. The third-order valence-corrected chi connectivity index (χ3v) is 3.26. The predicted octanol–water partition coefficient (Wildman–Crippen LogP) is 0.337. The molecule has 0 saturated carbocycles. The Labute approximate surface area is 106 Å². The Kier molecular flexibility index (Phi) is 4.55. The normalized spacial score (nSPS) is 11.0. The van der Waals surface area contributed by atoms with Crippen LogP contribution >= 0.6 is 0 Å². The van der Waals surface area contributed by atoms with Gasteiger partial charge < -0.3 is 10.5 Å². The molecule has 7 heteroatoms. The number of hydrogen-bond donors (Lipinski definition) is 1. The number of nitrogens with two attached hydrogens (primary N) is 1. The quantitative estimate of drug-likeness (QED) is 0.808. The van der Waals surface area contributed by atoms with Crippen LogP contribution < -0.4 is 14.8 Å². The van der Waals surface area contributed by atoms with E-state index in [-0.39, 0.29) is 0 Å². The first kappa shape index (κ1) is 14.3.